The zero-order chi connectivity index (χ0) is 20.8. The molecule has 0 saturated carbocycles. The van der Waals surface area contributed by atoms with Gasteiger partial charge in [0.25, 0.3) is 0 Å². The first-order chi connectivity index (χ1) is 13.7. The van der Waals surface area contributed by atoms with E-state index in [0.717, 1.165) is 28.6 Å². The zero-order valence-electron chi connectivity index (χ0n) is 15.9. The number of piperidine rings is 1. The molecule has 1 unspecified atom stereocenters. The lowest BCUT2D eigenvalue weighted by Gasteiger charge is -2.37. The van der Waals surface area contributed by atoms with Crippen LogP contribution in [0.4, 0.5) is 13.2 Å². The summed E-state index contributed by atoms with van der Waals surface area (Å²) in [4.78, 5) is 10.7. The van der Waals surface area contributed by atoms with Crippen molar-refractivity contribution in [1.82, 2.24) is 19.4 Å². The smallest absolute Gasteiger partial charge is 0.385 e. The normalized spacial score (nSPS) is 21.1. The summed E-state index contributed by atoms with van der Waals surface area (Å²) in [5.74, 6) is 0.513. The Labute approximate surface area is 169 Å². The van der Waals surface area contributed by atoms with Gasteiger partial charge in [0.1, 0.15) is 23.7 Å². The van der Waals surface area contributed by atoms with Crippen LogP contribution in [0.15, 0.2) is 17.6 Å². The van der Waals surface area contributed by atoms with Crippen LogP contribution >= 0.6 is 11.3 Å². The minimum Gasteiger partial charge on any atom is -0.385 e. The summed E-state index contributed by atoms with van der Waals surface area (Å²) in [7, 11) is 0. The SMILES string of the molecule is C[C@@H](O)c1nc2cnc3ccsc3c2n1[C@H]1CCCN(C(O)CCC(F)(F)F)C1. The fourth-order valence-electron chi connectivity index (χ4n) is 4.10. The summed E-state index contributed by atoms with van der Waals surface area (Å²) in [6.45, 7) is 2.59. The molecule has 4 rings (SSSR count). The number of aliphatic hydroxyl groups excluding tert-OH is 2. The summed E-state index contributed by atoms with van der Waals surface area (Å²) in [5.41, 5.74) is 2.42. The molecule has 1 fully saturated rings. The lowest BCUT2D eigenvalue weighted by Crippen LogP contribution is -2.44. The topological polar surface area (TPSA) is 74.4 Å². The second kappa shape index (κ2) is 7.82. The van der Waals surface area contributed by atoms with E-state index in [2.05, 4.69) is 9.97 Å². The lowest BCUT2D eigenvalue weighted by molar-refractivity contribution is -0.147. The summed E-state index contributed by atoms with van der Waals surface area (Å²) < 4.78 is 40.6. The molecular weight excluding hydrogens is 405 g/mol. The van der Waals surface area contributed by atoms with E-state index < -0.39 is 24.9 Å². The molecule has 3 atom stereocenters. The number of rotatable bonds is 5. The van der Waals surface area contributed by atoms with Gasteiger partial charge in [0.15, 0.2) is 0 Å². The van der Waals surface area contributed by atoms with Crippen molar-refractivity contribution in [1.29, 1.82) is 0 Å². The highest BCUT2D eigenvalue weighted by Crippen LogP contribution is 2.36. The Morgan fingerprint density at radius 1 is 1.31 bits per heavy atom. The van der Waals surface area contributed by atoms with Crippen LogP contribution in [0.1, 0.15) is 50.6 Å². The quantitative estimate of drug-likeness (QED) is 0.643. The van der Waals surface area contributed by atoms with Crippen LogP contribution in [0.5, 0.6) is 0 Å². The largest absolute Gasteiger partial charge is 0.389 e. The van der Waals surface area contributed by atoms with Gasteiger partial charge in [0.05, 0.1) is 21.9 Å². The highest BCUT2D eigenvalue weighted by Gasteiger charge is 2.33. The second-order valence-electron chi connectivity index (χ2n) is 7.57. The highest BCUT2D eigenvalue weighted by atomic mass is 32.1. The molecule has 0 spiro atoms. The van der Waals surface area contributed by atoms with E-state index in [1.165, 1.54) is 0 Å². The predicted octanol–water partition coefficient (Wildman–Crippen LogP) is 4.00. The van der Waals surface area contributed by atoms with Crippen LogP contribution in [0, 0.1) is 0 Å². The monoisotopic (exact) mass is 428 g/mol. The van der Waals surface area contributed by atoms with E-state index in [9.17, 15) is 23.4 Å². The number of alkyl halides is 3. The number of aliphatic hydroxyl groups is 2. The molecule has 1 saturated heterocycles. The minimum absolute atomic E-state index is 0.105. The summed E-state index contributed by atoms with van der Waals surface area (Å²) >= 11 is 1.55. The predicted molar refractivity (Wildman–Crippen MR) is 105 cm³/mol. The van der Waals surface area contributed by atoms with Crippen molar-refractivity contribution >= 4 is 32.6 Å². The maximum absolute atomic E-state index is 12.5. The third-order valence-electron chi connectivity index (χ3n) is 5.43. The molecule has 3 aromatic rings. The Balaban J connectivity index is 1.68. The fraction of sp³-hybridized carbons (Fsp3) is 0.579. The van der Waals surface area contributed by atoms with Crippen LogP contribution in [-0.4, -0.2) is 55.1 Å². The molecule has 1 aliphatic rings. The third-order valence-corrected chi connectivity index (χ3v) is 6.34. The first-order valence-electron chi connectivity index (χ1n) is 9.65. The average Bonchev–Trinajstić information content (AvgIpc) is 3.29. The Kier molecular flexibility index (Phi) is 5.54. The zero-order valence-corrected chi connectivity index (χ0v) is 16.7. The molecule has 10 heteroatoms. The number of nitrogens with zero attached hydrogens (tertiary/aromatic N) is 4. The molecule has 0 aliphatic carbocycles. The number of fused-ring (bicyclic) bond motifs is 3. The van der Waals surface area contributed by atoms with Crippen molar-refractivity contribution in [3.05, 3.63) is 23.5 Å². The van der Waals surface area contributed by atoms with Gasteiger partial charge in [-0.25, -0.2) is 4.98 Å². The van der Waals surface area contributed by atoms with Crippen molar-refractivity contribution in [2.45, 2.75) is 57.2 Å². The van der Waals surface area contributed by atoms with Gasteiger partial charge in [0, 0.05) is 25.6 Å². The van der Waals surface area contributed by atoms with Crippen molar-refractivity contribution in [2.75, 3.05) is 13.1 Å². The first kappa shape index (κ1) is 20.5. The number of imidazole rings is 1. The minimum atomic E-state index is -4.28. The molecule has 6 nitrogen and oxygen atoms in total. The molecule has 3 aromatic heterocycles. The van der Waals surface area contributed by atoms with Gasteiger partial charge in [0.2, 0.25) is 0 Å². The number of halogens is 3. The molecular formula is C19H23F3N4O2S. The summed E-state index contributed by atoms with van der Waals surface area (Å²) in [5, 5.41) is 22.6. The van der Waals surface area contributed by atoms with Gasteiger partial charge in [-0.15, -0.1) is 11.3 Å². The number of thiophene rings is 1. The Hall–Kier alpha value is -1.75. The summed E-state index contributed by atoms with van der Waals surface area (Å²) in [6.07, 6.45) is -4.36. The van der Waals surface area contributed by atoms with Crippen LogP contribution in [-0.2, 0) is 0 Å². The van der Waals surface area contributed by atoms with E-state index in [0.29, 0.717) is 24.4 Å². The van der Waals surface area contributed by atoms with Gasteiger partial charge in [-0.1, -0.05) is 0 Å². The Morgan fingerprint density at radius 2 is 2.10 bits per heavy atom. The van der Waals surface area contributed by atoms with Crippen LogP contribution < -0.4 is 0 Å². The van der Waals surface area contributed by atoms with Crippen molar-refractivity contribution in [3.8, 4) is 0 Å². The molecule has 2 N–H and O–H groups in total. The number of aromatic nitrogens is 3. The van der Waals surface area contributed by atoms with E-state index in [1.807, 2.05) is 16.0 Å². The molecule has 0 radical (unpaired) electrons. The molecule has 158 valence electrons. The van der Waals surface area contributed by atoms with E-state index in [4.69, 9.17) is 0 Å². The van der Waals surface area contributed by atoms with Gasteiger partial charge in [-0.05, 0) is 37.6 Å². The Morgan fingerprint density at radius 3 is 2.83 bits per heavy atom. The fourth-order valence-corrected chi connectivity index (χ4v) is 4.99. The number of hydrogen-bond acceptors (Lipinski definition) is 6. The Bertz CT molecular complexity index is 1000. The van der Waals surface area contributed by atoms with Crippen LogP contribution in [0.25, 0.3) is 21.3 Å². The molecule has 0 aromatic carbocycles. The number of hydrogen-bond donors (Lipinski definition) is 2. The molecule has 4 heterocycles. The average molecular weight is 428 g/mol. The maximum Gasteiger partial charge on any atom is 0.389 e. The highest BCUT2D eigenvalue weighted by molar-refractivity contribution is 7.18. The number of pyridine rings is 1. The third kappa shape index (κ3) is 4.11. The second-order valence-corrected chi connectivity index (χ2v) is 8.48. The first-order valence-corrected chi connectivity index (χ1v) is 10.5. The lowest BCUT2D eigenvalue weighted by atomic mass is 10.0. The van der Waals surface area contributed by atoms with Crippen LogP contribution in [0.3, 0.4) is 0 Å². The number of likely N-dealkylation sites (tertiary alicyclic amines) is 1. The summed E-state index contributed by atoms with van der Waals surface area (Å²) in [6, 6.07) is 1.82. The van der Waals surface area contributed by atoms with Crippen LogP contribution in [0.2, 0.25) is 0 Å². The molecule has 0 bridgehead atoms. The molecule has 1 aliphatic heterocycles. The maximum atomic E-state index is 12.5. The van der Waals surface area contributed by atoms with Crippen molar-refractivity contribution in [3.63, 3.8) is 0 Å². The van der Waals surface area contributed by atoms with E-state index >= 15 is 0 Å². The molecule has 0 amide bonds. The van der Waals surface area contributed by atoms with Crippen molar-refractivity contribution in [2.24, 2.45) is 0 Å². The van der Waals surface area contributed by atoms with Gasteiger partial charge in [-0.3, -0.25) is 9.88 Å². The van der Waals surface area contributed by atoms with E-state index in [1.54, 1.807) is 29.4 Å². The van der Waals surface area contributed by atoms with Gasteiger partial charge in [-0.2, -0.15) is 13.2 Å². The van der Waals surface area contributed by atoms with Crippen molar-refractivity contribution < 1.29 is 23.4 Å². The van der Waals surface area contributed by atoms with Gasteiger partial charge < -0.3 is 14.8 Å². The standard InChI is InChI=1S/C19H23F3N4O2S/c1-11(27)18-24-14-9-23-13-5-8-29-17(13)16(14)26(18)12-3-2-7-25(10-12)15(28)4-6-19(20,21)22/h5,8-9,11-12,15,27-28H,2-4,6-7,10H2,1H3/t11-,12+,15?/m1/s1. The van der Waals surface area contributed by atoms with E-state index in [-0.39, 0.29) is 12.5 Å². The van der Waals surface area contributed by atoms with Gasteiger partial charge >= 0.3 is 6.18 Å². The molecule has 29 heavy (non-hydrogen) atoms.